The lowest BCUT2D eigenvalue weighted by atomic mass is 9.77. The molecule has 3 aliphatic rings. The van der Waals surface area contributed by atoms with Crippen LogP contribution in [-0.4, -0.2) is 5.91 Å². The number of amides is 1. The molecule has 0 heterocycles. The maximum Gasteiger partial charge on any atom is 0.221 e. The van der Waals surface area contributed by atoms with Crippen molar-refractivity contribution in [2.45, 2.75) is 19.3 Å². The molecule has 15 heavy (non-hydrogen) atoms. The fourth-order valence-electron chi connectivity index (χ4n) is 3.20. The highest BCUT2D eigenvalue weighted by Gasteiger charge is 2.39. The molecule has 0 aromatic rings. The first-order valence-electron chi connectivity index (χ1n) is 5.64. The van der Waals surface area contributed by atoms with Crippen molar-refractivity contribution in [2.75, 3.05) is 0 Å². The van der Waals surface area contributed by atoms with Crippen LogP contribution < -0.4 is 5.73 Å². The minimum Gasteiger partial charge on any atom is -0.369 e. The molecule has 0 spiro atoms. The Morgan fingerprint density at radius 2 is 2.33 bits per heavy atom. The average Bonchev–Trinajstić information content (AvgIpc) is 2.77. The molecule has 0 aromatic carbocycles. The standard InChI is InChI=1S/C13H15NO/c14-13(15)11-5-4-10-6-8-2-1-3-9(8)7-12(10)11/h1-3,6,9,11-12H,4-5,7H2,(H2,14,15). The zero-order chi connectivity index (χ0) is 10.4. The number of primary amides is 1. The zero-order valence-electron chi connectivity index (χ0n) is 8.65. The van der Waals surface area contributed by atoms with Gasteiger partial charge in [-0.3, -0.25) is 4.79 Å². The topological polar surface area (TPSA) is 43.1 Å². The predicted molar refractivity (Wildman–Crippen MR) is 58.8 cm³/mol. The van der Waals surface area contributed by atoms with Crippen LogP contribution in [0.2, 0.25) is 0 Å². The predicted octanol–water partition coefficient (Wildman–Crippen LogP) is 1.94. The lowest BCUT2D eigenvalue weighted by Gasteiger charge is -2.27. The number of rotatable bonds is 1. The normalized spacial score (nSPS) is 36.9. The maximum absolute atomic E-state index is 11.3. The van der Waals surface area contributed by atoms with Crippen molar-refractivity contribution in [1.29, 1.82) is 0 Å². The van der Waals surface area contributed by atoms with E-state index >= 15 is 0 Å². The Morgan fingerprint density at radius 1 is 1.47 bits per heavy atom. The second-order valence-corrected chi connectivity index (χ2v) is 4.77. The quantitative estimate of drug-likeness (QED) is 0.692. The average molecular weight is 201 g/mol. The van der Waals surface area contributed by atoms with Crippen LogP contribution in [0.15, 0.2) is 35.5 Å². The number of nitrogens with two attached hydrogens (primary N) is 1. The minimum absolute atomic E-state index is 0.0896. The molecule has 2 heteroatoms. The van der Waals surface area contributed by atoms with E-state index in [2.05, 4.69) is 24.3 Å². The number of carbonyl (C=O) groups excluding carboxylic acids is 1. The Bertz CT molecular complexity index is 403. The molecule has 1 amide bonds. The van der Waals surface area contributed by atoms with Crippen LogP contribution >= 0.6 is 0 Å². The zero-order valence-corrected chi connectivity index (χ0v) is 8.65. The highest BCUT2D eigenvalue weighted by Crippen LogP contribution is 2.47. The third kappa shape index (κ3) is 1.28. The molecule has 0 aromatic heterocycles. The van der Waals surface area contributed by atoms with Crippen LogP contribution in [-0.2, 0) is 4.79 Å². The van der Waals surface area contributed by atoms with E-state index in [-0.39, 0.29) is 11.8 Å². The number of carbonyl (C=O) groups is 1. The highest BCUT2D eigenvalue weighted by molar-refractivity contribution is 5.78. The van der Waals surface area contributed by atoms with Crippen LogP contribution in [0.3, 0.4) is 0 Å². The molecule has 3 atom stereocenters. The van der Waals surface area contributed by atoms with Gasteiger partial charge in [-0.15, -0.1) is 0 Å². The van der Waals surface area contributed by atoms with Gasteiger partial charge in [0.15, 0.2) is 0 Å². The lowest BCUT2D eigenvalue weighted by molar-refractivity contribution is -0.122. The van der Waals surface area contributed by atoms with Crippen LogP contribution in [0.1, 0.15) is 19.3 Å². The molecular formula is C13H15NO. The van der Waals surface area contributed by atoms with E-state index in [1.165, 1.54) is 11.1 Å². The molecule has 78 valence electrons. The van der Waals surface area contributed by atoms with Gasteiger partial charge in [-0.25, -0.2) is 0 Å². The number of fused-ring (bicyclic) bond motifs is 2. The van der Waals surface area contributed by atoms with Crippen molar-refractivity contribution in [3.05, 3.63) is 35.5 Å². The van der Waals surface area contributed by atoms with Crippen LogP contribution in [0, 0.1) is 17.8 Å². The Balaban J connectivity index is 1.93. The summed E-state index contributed by atoms with van der Waals surface area (Å²) in [5.41, 5.74) is 8.31. The lowest BCUT2D eigenvalue weighted by Crippen LogP contribution is -2.29. The van der Waals surface area contributed by atoms with Crippen molar-refractivity contribution in [3.8, 4) is 0 Å². The summed E-state index contributed by atoms with van der Waals surface area (Å²) in [7, 11) is 0. The van der Waals surface area contributed by atoms with Gasteiger partial charge in [0.05, 0.1) is 0 Å². The van der Waals surface area contributed by atoms with Gasteiger partial charge in [-0.2, -0.15) is 0 Å². The fraction of sp³-hybridized carbons (Fsp3) is 0.462. The van der Waals surface area contributed by atoms with E-state index in [9.17, 15) is 4.79 Å². The van der Waals surface area contributed by atoms with Gasteiger partial charge >= 0.3 is 0 Å². The molecule has 0 radical (unpaired) electrons. The molecule has 0 aliphatic heterocycles. The molecule has 0 saturated heterocycles. The second-order valence-electron chi connectivity index (χ2n) is 4.77. The summed E-state index contributed by atoms with van der Waals surface area (Å²) in [5, 5.41) is 0. The molecule has 0 bridgehead atoms. The summed E-state index contributed by atoms with van der Waals surface area (Å²) < 4.78 is 0. The number of hydrogen-bond acceptors (Lipinski definition) is 1. The molecule has 2 N–H and O–H groups in total. The first-order valence-corrected chi connectivity index (χ1v) is 5.64. The first-order chi connectivity index (χ1) is 7.25. The van der Waals surface area contributed by atoms with Crippen LogP contribution in [0.4, 0.5) is 0 Å². The third-order valence-corrected chi connectivity index (χ3v) is 3.99. The van der Waals surface area contributed by atoms with E-state index in [0.717, 1.165) is 19.3 Å². The summed E-state index contributed by atoms with van der Waals surface area (Å²) >= 11 is 0. The highest BCUT2D eigenvalue weighted by atomic mass is 16.1. The van der Waals surface area contributed by atoms with Crippen molar-refractivity contribution < 1.29 is 4.79 Å². The van der Waals surface area contributed by atoms with Gasteiger partial charge in [-0.05, 0) is 30.8 Å². The maximum atomic E-state index is 11.3. The van der Waals surface area contributed by atoms with Crippen molar-refractivity contribution in [1.82, 2.24) is 0 Å². The summed E-state index contributed by atoms with van der Waals surface area (Å²) in [5.74, 6) is 0.940. The smallest absolute Gasteiger partial charge is 0.221 e. The summed E-state index contributed by atoms with van der Waals surface area (Å²) in [6.07, 6.45) is 11.9. The van der Waals surface area contributed by atoms with Gasteiger partial charge < -0.3 is 5.73 Å². The Morgan fingerprint density at radius 3 is 3.13 bits per heavy atom. The largest absolute Gasteiger partial charge is 0.369 e. The second kappa shape index (κ2) is 3.09. The molecular weight excluding hydrogens is 186 g/mol. The van der Waals surface area contributed by atoms with Crippen LogP contribution in [0.5, 0.6) is 0 Å². The van der Waals surface area contributed by atoms with Crippen molar-refractivity contribution in [3.63, 3.8) is 0 Å². The van der Waals surface area contributed by atoms with Gasteiger partial charge in [0.25, 0.3) is 0 Å². The molecule has 3 rings (SSSR count). The van der Waals surface area contributed by atoms with E-state index in [0.29, 0.717) is 11.8 Å². The monoisotopic (exact) mass is 201 g/mol. The first kappa shape index (κ1) is 8.96. The van der Waals surface area contributed by atoms with E-state index in [4.69, 9.17) is 5.73 Å². The van der Waals surface area contributed by atoms with E-state index in [1.807, 2.05) is 0 Å². The van der Waals surface area contributed by atoms with Gasteiger partial charge in [0.2, 0.25) is 5.91 Å². The van der Waals surface area contributed by atoms with E-state index in [1.54, 1.807) is 0 Å². The molecule has 1 saturated carbocycles. The number of hydrogen-bond donors (Lipinski definition) is 1. The molecule has 3 unspecified atom stereocenters. The number of allylic oxidation sites excluding steroid dienone is 6. The Kier molecular flexibility index (Phi) is 1.84. The SMILES string of the molecule is NC(=O)C1CCC2=CC3=CC=CC3CC21. The van der Waals surface area contributed by atoms with Gasteiger partial charge in [0, 0.05) is 11.8 Å². The molecule has 2 nitrogen and oxygen atoms in total. The minimum atomic E-state index is -0.113. The molecule has 1 fully saturated rings. The summed E-state index contributed by atoms with van der Waals surface area (Å²) in [4.78, 5) is 11.3. The van der Waals surface area contributed by atoms with Crippen molar-refractivity contribution >= 4 is 5.91 Å². The fourth-order valence-corrected chi connectivity index (χ4v) is 3.20. The van der Waals surface area contributed by atoms with Crippen molar-refractivity contribution in [2.24, 2.45) is 23.5 Å². The van der Waals surface area contributed by atoms with Crippen LogP contribution in [0.25, 0.3) is 0 Å². The third-order valence-electron chi connectivity index (χ3n) is 3.99. The summed E-state index contributed by atoms with van der Waals surface area (Å²) in [6, 6.07) is 0. The van der Waals surface area contributed by atoms with Gasteiger partial charge in [-0.1, -0.05) is 29.9 Å². The van der Waals surface area contributed by atoms with E-state index < -0.39 is 0 Å². The van der Waals surface area contributed by atoms with Gasteiger partial charge in [0.1, 0.15) is 0 Å². The molecule has 3 aliphatic carbocycles. The Labute approximate surface area is 89.5 Å². The summed E-state index contributed by atoms with van der Waals surface area (Å²) in [6.45, 7) is 0. The Hall–Kier alpha value is -1.31.